The Kier molecular flexibility index (Phi) is 5.49. The Labute approximate surface area is 136 Å². The SMILES string of the molecule is CC(=NNC(N)=S)c1cccc(OCc2ccccc2C)c1. The second kappa shape index (κ2) is 7.56. The molecule has 0 heterocycles. The van der Waals surface area contributed by atoms with E-state index in [1.54, 1.807) is 0 Å². The number of thiocarbonyl (C=S) groups is 1. The van der Waals surface area contributed by atoms with Crippen LogP contribution in [0.5, 0.6) is 5.75 Å². The maximum absolute atomic E-state index is 5.86. The molecule has 0 amide bonds. The normalized spacial score (nSPS) is 11.1. The monoisotopic (exact) mass is 313 g/mol. The third-order valence-electron chi connectivity index (χ3n) is 3.24. The third-order valence-corrected chi connectivity index (χ3v) is 3.33. The van der Waals surface area contributed by atoms with Gasteiger partial charge in [-0.05, 0) is 49.3 Å². The van der Waals surface area contributed by atoms with Gasteiger partial charge in [-0.15, -0.1) is 0 Å². The minimum Gasteiger partial charge on any atom is -0.489 e. The second-order valence-corrected chi connectivity index (χ2v) is 5.36. The van der Waals surface area contributed by atoms with Crippen LogP contribution in [-0.2, 0) is 6.61 Å². The number of benzene rings is 2. The van der Waals surface area contributed by atoms with Crippen molar-refractivity contribution in [2.45, 2.75) is 20.5 Å². The summed E-state index contributed by atoms with van der Waals surface area (Å²) in [5.41, 5.74) is 12.1. The molecule has 114 valence electrons. The van der Waals surface area contributed by atoms with Crippen LogP contribution in [0.2, 0.25) is 0 Å². The van der Waals surface area contributed by atoms with Crippen LogP contribution >= 0.6 is 12.2 Å². The fourth-order valence-electron chi connectivity index (χ4n) is 1.95. The Morgan fingerprint density at radius 1 is 1.23 bits per heavy atom. The van der Waals surface area contributed by atoms with Crippen molar-refractivity contribution in [2.75, 3.05) is 0 Å². The van der Waals surface area contributed by atoms with Crippen LogP contribution in [0.1, 0.15) is 23.6 Å². The molecule has 3 N–H and O–H groups in total. The summed E-state index contributed by atoms with van der Waals surface area (Å²) in [6.07, 6.45) is 0. The van der Waals surface area contributed by atoms with Gasteiger partial charge in [0.25, 0.3) is 0 Å². The number of nitrogens with one attached hydrogen (secondary N) is 1. The minimum atomic E-state index is 0.145. The zero-order valence-electron chi connectivity index (χ0n) is 12.7. The van der Waals surface area contributed by atoms with E-state index in [4.69, 9.17) is 22.7 Å². The van der Waals surface area contributed by atoms with Gasteiger partial charge >= 0.3 is 0 Å². The lowest BCUT2D eigenvalue weighted by atomic mass is 10.1. The van der Waals surface area contributed by atoms with Gasteiger partial charge in [0.05, 0.1) is 5.71 Å². The highest BCUT2D eigenvalue weighted by atomic mass is 32.1. The fourth-order valence-corrected chi connectivity index (χ4v) is 1.99. The van der Waals surface area contributed by atoms with E-state index in [0.717, 1.165) is 17.0 Å². The number of ether oxygens (including phenoxy) is 1. The first kappa shape index (κ1) is 16.0. The van der Waals surface area contributed by atoms with Crippen LogP contribution < -0.4 is 15.9 Å². The first-order valence-electron chi connectivity index (χ1n) is 6.94. The highest BCUT2D eigenvalue weighted by Gasteiger charge is 2.02. The van der Waals surface area contributed by atoms with Crippen molar-refractivity contribution in [1.29, 1.82) is 0 Å². The lowest BCUT2D eigenvalue weighted by molar-refractivity contribution is 0.305. The Morgan fingerprint density at radius 2 is 2.00 bits per heavy atom. The van der Waals surface area contributed by atoms with Crippen molar-refractivity contribution in [1.82, 2.24) is 5.43 Å². The molecule has 2 aromatic carbocycles. The van der Waals surface area contributed by atoms with Crippen LogP contribution in [0.4, 0.5) is 0 Å². The summed E-state index contributed by atoms with van der Waals surface area (Å²) in [5, 5.41) is 4.26. The fraction of sp³-hybridized carbons (Fsp3) is 0.176. The number of hydrogen-bond acceptors (Lipinski definition) is 3. The molecule has 4 nitrogen and oxygen atoms in total. The van der Waals surface area contributed by atoms with Gasteiger partial charge in [-0.3, -0.25) is 5.43 Å². The molecule has 0 bridgehead atoms. The molecule has 0 aliphatic carbocycles. The molecule has 0 spiro atoms. The molecule has 0 saturated heterocycles. The Balaban J connectivity index is 2.07. The molecule has 2 aromatic rings. The van der Waals surface area contributed by atoms with E-state index in [-0.39, 0.29) is 5.11 Å². The minimum absolute atomic E-state index is 0.145. The van der Waals surface area contributed by atoms with Gasteiger partial charge in [0.15, 0.2) is 5.11 Å². The number of rotatable bonds is 5. The zero-order chi connectivity index (χ0) is 15.9. The molecule has 0 unspecified atom stereocenters. The molecular weight excluding hydrogens is 294 g/mol. The van der Waals surface area contributed by atoms with Crippen LogP contribution in [0.15, 0.2) is 53.6 Å². The maximum Gasteiger partial charge on any atom is 0.184 e. The summed E-state index contributed by atoms with van der Waals surface area (Å²) < 4.78 is 5.86. The molecule has 0 aliphatic rings. The van der Waals surface area contributed by atoms with E-state index in [1.165, 1.54) is 11.1 Å². The third kappa shape index (κ3) is 4.56. The lowest BCUT2D eigenvalue weighted by Crippen LogP contribution is -2.25. The number of nitrogens with two attached hydrogens (primary N) is 1. The van der Waals surface area contributed by atoms with Gasteiger partial charge in [0.2, 0.25) is 0 Å². The average Bonchev–Trinajstić information content (AvgIpc) is 2.52. The van der Waals surface area contributed by atoms with Crippen molar-refractivity contribution < 1.29 is 4.74 Å². The Hall–Kier alpha value is -2.40. The summed E-state index contributed by atoms with van der Waals surface area (Å²) >= 11 is 4.73. The number of nitrogens with zero attached hydrogens (tertiary/aromatic N) is 1. The molecule has 0 saturated carbocycles. The highest BCUT2D eigenvalue weighted by Crippen LogP contribution is 2.17. The van der Waals surface area contributed by atoms with Gasteiger partial charge in [-0.25, -0.2) is 0 Å². The molecule has 2 rings (SSSR count). The predicted molar refractivity (Wildman–Crippen MR) is 94.1 cm³/mol. The van der Waals surface area contributed by atoms with Crippen LogP contribution in [0.3, 0.4) is 0 Å². The highest BCUT2D eigenvalue weighted by molar-refractivity contribution is 7.80. The van der Waals surface area contributed by atoms with Crippen LogP contribution in [0.25, 0.3) is 0 Å². The summed E-state index contributed by atoms with van der Waals surface area (Å²) in [6, 6.07) is 15.9. The summed E-state index contributed by atoms with van der Waals surface area (Å²) in [5.74, 6) is 0.797. The molecule has 22 heavy (non-hydrogen) atoms. The van der Waals surface area contributed by atoms with E-state index < -0.39 is 0 Å². The van der Waals surface area contributed by atoms with Crippen molar-refractivity contribution in [3.8, 4) is 5.75 Å². The van der Waals surface area contributed by atoms with Gasteiger partial charge in [-0.2, -0.15) is 5.10 Å². The van der Waals surface area contributed by atoms with E-state index in [9.17, 15) is 0 Å². The number of hydrogen-bond donors (Lipinski definition) is 2. The van der Waals surface area contributed by atoms with Crippen molar-refractivity contribution in [3.63, 3.8) is 0 Å². The zero-order valence-corrected chi connectivity index (χ0v) is 13.5. The molecular formula is C17H19N3OS. The first-order chi connectivity index (χ1) is 10.6. The Bertz CT molecular complexity index is 698. The molecule has 0 fully saturated rings. The quantitative estimate of drug-likeness (QED) is 0.506. The summed E-state index contributed by atoms with van der Waals surface area (Å²) in [4.78, 5) is 0. The Morgan fingerprint density at radius 3 is 2.73 bits per heavy atom. The number of hydrazone groups is 1. The first-order valence-corrected chi connectivity index (χ1v) is 7.34. The second-order valence-electron chi connectivity index (χ2n) is 4.92. The molecule has 0 radical (unpaired) electrons. The van der Waals surface area contributed by atoms with E-state index in [0.29, 0.717) is 6.61 Å². The van der Waals surface area contributed by atoms with Crippen LogP contribution in [0, 0.1) is 6.92 Å². The lowest BCUT2D eigenvalue weighted by Gasteiger charge is -2.10. The molecule has 0 aliphatic heterocycles. The summed E-state index contributed by atoms with van der Waals surface area (Å²) in [7, 11) is 0. The average molecular weight is 313 g/mol. The van der Waals surface area contributed by atoms with Gasteiger partial charge < -0.3 is 10.5 Å². The topological polar surface area (TPSA) is 59.6 Å². The van der Waals surface area contributed by atoms with Crippen molar-refractivity contribution in [2.24, 2.45) is 10.8 Å². The van der Waals surface area contributed by atoms with E-state index >= 15 is 0 Å². The van der Waals surface area contributed by atoms with Gasteiger partial charge in [0, 0.05) is 5.56 Å². The van der Waals surface area contributed by atoms with E-state index in [1.807, 2.05) is 43.3 Å². The number of aryl methyl sites for hydroxylation is 1. The van der Waals surface area contributed by atoms with E-state index in [2.05, 4.69) is 29.6 Å². The smallest absolute Gasteiger partial charge is 0.184 e. The summed E-state index contributed by atoms with van der Waals surface area (Å²) in [6.45, 7) is 4.50. The molecule has 0 atom stereocenters. The predicted octanol–water partition coefficient (Wildman–Crippen LogP) is 3.13. The van der Waals surface area contributed by atoms with Gasteiger partial charge in [-0.1, -0.05) is 36.4 Å². The standard InChI is InChI=1S/C17H19N3OS/c1-12-6-3-4-7-15(12)11-21-16-9-5-8-14(10-16)13(2)19-20-17(18)22/h3-10H,11H2,1-2H3,(H3,18,20,22). The van der Waals surface area contributed by atoms with Gasteiger partial charge in [0.1, 0.15) is 12.4 Å². The van der Waals surface area contributed by atoms with Crippen LogP contribution in [-0.4, -0.2) is 10.8 Å². The molecule has 5 heteroatoms. The molecule has 0 aromatic heterocycles. The van der Waals surface area contributed by atoms with Crippen molar-refractivity contribution in [3.05, 3.63) is 65.2 Å². The largest absolute Gasteiger partial charge is 0.489 e. The maximum atomic E-state index is 5.86. The van der Waals surface area contributed by atoms with Crippen molar-refractivity contribution >= 4 is 23.0 Å².